The molecule has 0 amide bonds. The van der Waals surface area contributed by atoms with Gasteiger partial charge in [-0.3, -0.25) is 10.2 Å². The molecule has 1 aromatic carbocycles. The van der Waals surface area contributed by atoms with Gasteiger partial charge >= 0.3 is 0 Å². The second-order valence-electron chi connectivity index (χ2n) is 9.61. The van der Waals surface area contributed by atoms with Crippen LogP contribution in [0.1, 0.15) is 70.8 Å². The van der Waals surface area contributed by atoms with Crippen molar-refractivity contribution in [2.45, 2.75) is 89.5 Å². The van der Waals surface area contributed by atoms with Crippen molar-refractivity contribution in [2.75, 3.05) is 19.6 Å². The lowest BCUT2D eigenvalue weighted by Crippen LogP contribution is -2.59. The molecule has 0 spiro atoms. The first-order valence-electron chi connectivity index (χ1n) is 11.5. The van der Waals surface area contributed by atoms with Gasteiger partial charge in [-0.25, -0.2) is 0 Å². The molecule has 27 heavy (non-hydrogen) atoms. The van der Waals surface area contributed by atoms with Crippen molar-refractivity contribution in [1.82, 2.24) is 15.1 Å². The molecular weight excluding hydrogens is 330 g/mol. The molecule has 4 atom stereocenters. The number of rotatable bonds is 7. The number of benzene rings is 1. The van der Waals surface area contributed by atoms with Gasteiger partial charge in [-0.15, -0.1) is 0 Å². The molecule has 0 aliphatic carbocycles. The summed E-state index contributed by atoms with van der Waals surface area (Å²) in [5, 5.41) is 4.16. The molecule has 3 aliphatic heterocycles. The number of nitrogens with zero attached hydrogens (tertiary/aromatic N) is 2. The Morgan fingerprint density at radius 1 is 1.15 bits per heavy atom. The van der Waals surface area contributed by atoms with E-state index >= 15 is 0 Å². The maximum Gasteiger partial charge on any atom is 0.0636 e. The fourth-order valence-corrected chi connectivity index (χ4v) is 5.75. The van der Waals surface area contributed by atoms with E-state index in [1.165, 1.54) is 76.6 Å². The van der Waals surface area contributed by atoms with Crippen molar-refractivity contribution in [3.63, 3.8) is 0 Å². The first kappa shape index (κ1) is 19.4. The number of piperidine rings is 1. The van der Waals surface area contributed by atoms with Crippen molar-refractivity contribution in [1.29, 1.82) is 0 Å². The second kappa shape index (κ2) is 8.63. The summed E-state index contributed by atoms with van der Waals surface area (Å²) in [4.78, 5) is 5.55. The monoisotopic (exact) mass is 369 g/mol. The van der Waals surface area contributed by atoms with Crippen LogP contribution in [0.15, 0.2) is 30.3 Å². The minimum Gasteiger partial charge on any atom is -0.302 e. The Labute approximate surface area is 166 Å². The normalized spacial score (nSPS) is 34.8. The largest absolute Gasteiger partial charge is 0.302 e. The third kappa shape index (κ3) is 4.58. The van der Waals surface area contributed by atoms with Crippen LogP contribution in [-0.2, 0) is 6.54 Å². The first-order valence-corrected chi connectivity index (χ1v) is 11.5. The van der Waals surface area contributed by atoms with Gasteiger partial charge in [-0.2, -0.15) is 0 Å². The smallest absolute Gasteiger partial charge is 0.0636 e. The maximum atomic E-state index is 4.16. The Morgan fingerprint density at radius 2 is 1.93 bits per heavy atom. The van der Waals surface area contributed by atoms with E-state index in [9.17, 15) is 0 Å². The quantitative estimate of drug-likeness (QED) is 0.756. The molecule has 0 radical (unpaired) electrons. The molecule has 0 aromatic heterocycles. The SMILES string of the molecule is CCCCC1(C)CCC2CC(CN3CCCC3)N(Cc3ccccc3)C2N1. The summed E-state index contributed by atoms with van der Waals surface area (Å²) in [5.74, 6) is 0.830. The van der Waals surface area contributed by atoms with E-state index in [2.05, 4.69) is 59.3 Å². The van der Waals surface area contributed by atoms with Crippen molar-refractivity contribution in [2.24, 2.45) is 5.92 Å². The van der Waals surface area contributed by atoms with Gasteiger partial charge in [-0.05, 0) is 70.0 Å². The van der Waals surface area contributed by atoms with Crippen LogP contribution in [0.2, 0.25) is 0 Å². The minimum atomic E-state index is 0.328. The predicted octanol–water partition coefficient (Wildman–Crippen LogP) is 4.63. The zero-order chi connectivity index (χ0) is 18.7. The van der Waals surface area contributed by atoms with Crippen LogP contribution in [0.25, 0.3) is 0 Å². The van der Waals surface area contributed by atoms with E-state index < -0.39 is 0 Å². The lowest BCUT2D eigenvalue weighted by Gasteiger charge is -2.45. The fourth-order valence-electron chi connectivity index (χ4n) is 5.75. The van der Waals surface area contributed by atoms with Crippen molar-refractivity contribution < 1.29 is 0 Å². The van der Waals surface area contributed by atoms with Gasteiger partial charge in [0.05, 0.1) is 6.17 Å². The molecular formula is C24H39N3. The number of unbranched alkanes of at least 4 members (excludes halogenated alkanes) is 1. The van der Waals surface area contributed by atoms with Gasteiger partial charge in [-0.1, -0.05) is 50.1 Å². The molecule has 3 nitrogen and oxygen atoms in total. The van der Waals surface area contributed by atoms with Crippen molar-refractivity contribution in [3.05, 3.63) is 35.9 Å². The average Bonchev–Trinajstić information content (AvgIpc) is 3.30. The van der Waals surface area contributed by atoms with E-state index in [0.29, 0.717) is 17.7 Å². The highest BCUT2D eigenvalue weighted by atomic mass is 15.4. The van der Waals surface area contributed by atoms with Crippen molar-refractivity contribution in [3.8, 4) is 0 Å². The van der Waals surface area contributed by atoms with Gasteiger partial charge in [0.25, 0.3) is 0 Å². The number of hydrogen-bond acceptors (Lipinski definition) is 3. The summed E-state index contributed by atoms with van der Waals surface area (Å²) in [5.41, 5.74) is 1.79. The van der Waals surface area contributed by atoms with E-state index in [4.69, 9.17) is 0 Å². The second-order valence-corrected chi connectivity index (χ2v) is 9.61. The molecule has 1 aromatic rings. The van der Waals surface area contributed by atoms with Crippen molar-refractivity contribution >= 4 is 0 Å². The van der Waals surface area contributed by atoms with E-state index in [0.717, 1.165) is 12.5 Å². The van der Waals surface area contributed by atoms with Gasteiger partial charge in [0.2, 0.25) is 0 Å². The summed E-state index contributed by atoms with van der Waals surface area (Å²) >= 11 is 0. The first-order chi connectivity index (χ1) is 13.2. The summed E-state index contributed by atoms with van der Waals surface area (Å²) in [6.45, 7) is 9.79. The number of hydrogen-bond donors (Lipinski definition) is 1. The number of fused-ring (bicyclic) bond motifs is 1. The highest BCUT2D eigenvalue weighted by Crippen LogP contribution is 2.41. The molecule has 1 N–H and O–H groups in total. The molecule has 0 bridgehead atoms. The average molecular weight is 370 g/mol. The molecule has 150 valence electrons. The minimum absolute atomic E-state index is 0.328. The molecule has 4 rings (SSSR count). The summed E-state index contributed by atoms with van der Waals surface area (Å²) in [6.07, 6.45) is 11.5. The third-order valence-electron chi connectivity index (χ3n) is 7.37. The highest BCUT2D eigenvalue weighted by Gasteiger charge is 2.47. The predicted molar refractivity (Wildman–Crippen MR) is 114 cm³/mol. The van der Waals surface area contributed by atoms with Gasteiger partial charge in [0.1, 0.15) is 0 Å². The van der Waals surface area contributed by atoms with Crippen LogP contribution in [0.4, 0.5) is 0 Å². The Kier molecular flexibility index (Phi) is 6.21. The van der Waals surface area contributed by atoms with Gasteiger partial charge in [0.15, 0.2) is 0 Å². The van der Waals surface area contributed by atoms with Crippen LogP contribution in [-0.4, -0.2) is 47.2 Å². The molecule has 3 saturated heterocycles. The van der Waals surface area contributed by atoms with Gasteiger partial charge < -0.3 is 4.90 Å². The topological polar surface area (TPSA) is 18.5 Å². The summed E-state index contributed by atoms with van der Waals surface area (Å²) < 4.78 is 0. The molecule has 3 aliphatic rings. The zero-order valence-corrected chi connectivity index (χ0v) is 17.5. The highest BCUT2D eigenvalue weighted by molar-refractivity contribution is 5.16. The van der Waals surface area contributed by atoms with E-state index in [-0.39, 0.29) is 0 Å². The Balaban J connectivity index is 1.50. The van der Waals surface area contributed by atoms with Crippen LogP contribution in [0.5, 0.6) is 0 Å². The van der Waals surface area contributed by atoms with Gasteiger partial charge in [0, 0.05) is 24.7 Å². The number of likely N-dealkylation sites (tertiary alicyclic amines) is 2. The summed E-state index contributed by atoms with van der Waals surface area (Å²) in [6, 6.07) is 11.8. The van der Waals surface area contributed by atoms with Crippen LogP contribution < -0.4 is 5.32 Å². The van der Waals surface area contributed by atoms with E-state index in [1.54, 1.807) is 0 Å². The fraction of sp³-hybridized carbons (Fsp3) is 0.750. The summed E-state index contributed by atoms with van der Waals surface area (Å²) in [7, 11) is 0. The zero-order valence-electron chi connectivity index (χ0n) is 17.5. The van der Waals surface area contributed by atoms with E-state index in [1.807, 2.05) is 0 Å². The molecule has 4 unspecified atom stereocenters. The van der Waals surface area contributed by atoms with Crippen LogP contribution in [0.3, 0.4) is 0 Å². The van der Waals surface area contributed by atoms with Crippen LogP contribution >= 0.6 is 0 Å². The third-order valence-corrected chi connectivity index (χ3v) is 7.37. The Bertz CT molecular complexity index is 583. The lowest BCUT2D eigenvalue weighted by molar-refractivity contribution is 0.0608. The van der Waals surface area contributed by atoms with Crippen LogP contribution in [0, 0.1) is 5.92 Å². The lowest BCUT2D eigenvalue weighted by atomic mass is 9.80. The molecule has 0 saturated carbocycles. The molecule has 3 heterocycles. The Morgan fingerprint density at radius 3 is 2.67 bits per heavy atom. The molecule has 3 heteroatoms. The maximum absolute atomic E-state index is 4.16. The Hall–Kier alpha value is -0.900. The number of nitrogens with one attached hydrogen (secondary N) is 1. The standard InChI is InChI=1S/C24H39N3/c1-3-4-13-24(2)14-12-21-17-22(19-26-15-8-9-16-26)27(23(21)25-24)18-20-10-6-5-7-11-20/h5-7,10-11,21-23,25H,3-4,8-9,12-19H2,1-2H3. The molecule has 3 fully saturated rings.